The third kappa shape index (κ3) is 4.41. The van der Waals surface area contributed by atoms with Gasteiger partial charge in [-0.05, 0) is 18.4 Å². The zero-order chi connectivity index (χ0) is 16.8. The summed E-state index contributed by atoms with van der Waals surface area (Å²) in [6.45, 7) is 0.917. The topological polar surface area (TPSA) is 83.0 Å². The van der Waals surface area contributed by atoms with Crippen molar-refractivity contribution < 1.29 is 9.53 Å². The van der Waals surface area contributed by atoms with Crippen LogP contribution in [0.2, 0.25) is 0 Å². The van der Waals surface area contributed by atoms with Gasteiger partial charge >= 0.3 is 0 Å². The molecule has 1 aliphatic carbocycles. The van der Waals surface area contributed by atoms with Gasteiger partial charge in [-0.2, -0.15) is 5.10 Å². The number of hydrogen-bond acceptors (Lipinski definition) is 4. The molecule has 1 amide bonds. The number of nitrogens with two attached hydrogens (primary N) is 1. The van der Waals surface area contributed by atoms with Gasteiger partial charge in [0.2, 0.25) is 5.91 Å². The Bertz CT molecular complexity index is 663. The number of hydrogen-bond donors (Lipinski definition) is 1. The molecule has 0 bridgehead atoms. The molecule has 6 nitrogen and oxygen atoms in total. The highest BCUT2D eigenvalue weighted by Crippen LogP contribution is 2.28. The maximum atomic E-state index is 11.2. The zero-order valence-corrected chi connectivity index (χ0v) is 13.9. The van der Waals surface area contributed by atoms with E-state index in [0.29, 0.717) is 25.1 Å². The maximum Gasteiger partial charge on any atom is 0.225 e. The van der Waals surface area contributed by atoms with Gasteiger partial charge in [-0.25, -0.2) is 9.67 Å². The van der Waals surface area contributed by atoms with E-state index >= 15 is 0 Å². The number of amides is 1. The Morgan fingerprint density at radius 1 is 1.17 bits per heavy atom. The van der Waals surface area contributed by atoms with Crippen molar-refractivity contribution in [3.8, 4) is 0 Å². The predicted octanol–water partition coefficient (Wildman–Crippen LogP) is 2.53. The minimum Gasteiger partial charge on any atom is -0.369 e. The summed E-state index contributed by atoms with van der Waals surface area (Å²) >= 11 is 0. The predicted molar refractivity (Wildman–Crippen MR) is 90.0 cm³/mol. The standard InChI is InChI=1S/C18H24N4O2/c19-16(23)11-17-20-18(13-24-12-14-7-3-1-4-8-14)22(21-17)15-9-5-2-6-10-15/h1,3-4,7-8,15H,2,5-6,9-13H2,(H2,19,23). The van der Waals surface area contributed by atoms with Crippen LogP contribution in [0.1, 0.15) is 55.4 Å². The number of ether oxygens (including phenoxy) is 1. The van der Waals surface area contributed by atoms with Crippen molar-refractivity contribution in [1.29, 1.82) is 0 Å². The number of carbonyl (C=O) groups excluding carboxylic acids is 1. The number of carbonyl (C=O) groups is 1. The summed E-state index contributed by atoms with van der Waals surface area (Å²) < 4.78 is 7.78. The van der Waals surface area contributed by atoms with Crippen molar-refractivity contribution in [2.24, 2.45) is 5.73 Å². The lowest BCUT2D eigenvalue weighted by Crippen LogP contribution is -2.18. The zero-order valence-electron chi connectivity index (χ0n) is 13.9. The lowest BCUT2D eigenvalue weighted by Gasteiger charge is -2.23. The van der Waals surface area contributed by atoms with E-state index in [-0.39, 0.29) is 6.42 Å². The normalized spacial score (nSPS) is 15.5. The SMILES string of the molecule is NC(=O)Cc1nc(COCc2ccccc2)n(C2CCCCC2)n1. The van der Waals surface area contributed by atoms with Crippen LogP contribution in [-0.2, 0) is 29.2 Å². The van der Waals surface area contributed by atoms with Crippen LogP contribution in [-0.4, -0.2) is 20.7 Å². The molecular formula is C18H24N4O2. The van der Waals surface area contributed by atoms with Crippen molar-refractivity contribution in [1.82, 2.24) is 14.8 Å². The van der Waals surface area contributed by atoms with E-state index in [9.17, 15) is 4.79 Å². The molecule has 2 aromatic rings. The van der Waals surface area contributed by atoms with E-state index in [0.717, 1.165) is 24.2 Å². The highest BCUT2D eigenvalue weighted by atomic mass is 16.5. The van der Waals surface area contributed by atoms with E-state index in [2.05, 4.69) is 10.1 Å². The Morgan fingerprint density at radius 3 is 2.62 bits per heavy atom. The minimum absolute atomic E-state index is 0.0748. The number of aromatic nitrogens is 3. The van der Waals surface area contributed by atoms with Gasteiger partial charge in [0.15, 0.2) is 11.6 Å². The fourth-order valence-electron chi connectivity index (χ4n) is 3.19. The number of benzene rings is 1. The summed E-state index contributed by atoms with van der Waals surface area (Å²) in [5.41, 5.74) is 6.40. The van der Waals surface area contributed by atoms with Gasteiger partial charge in [0.1, 0.15) is 6.61 Å². The second kappa shape index (κ2) is 8.06. The summed E-state index contributed by atoms with van der Waals surface area (Å²) in [4.78, 5) is 15.6. The van der Waals surface area contributed by atoms with Crippen LogP contribution in [0.25, 0.3) is 0 Å². The first-order valence-corrected chi connectivity index (χ1v) is 8.56. The summed E-state index contributed by atoms with van der Waals surface area (Å²) in [5, 5.41) is 4.52. The Kier molecular flexibility index (Phi) is 5.59. The Hall–Kier alpha value is -2.21. The third-order valence-electron chi connectivity index (χ3n) is 4.34. The molecule has 1 fully saturated rings. The molecule has 0 saturated heterocycles. The molecule has 1 heterocycles. The highest BCUT2D eigenvalue weighted by molar-refractivity contribution is 5.75. The second-order valence-electron chi connectivity index (χ2n) is 6.30. The molecule has 0 unspecified atom stereocenters. The number of nitrogens with zero attached hydrogens (tertiary/aromatic N) is 3. The fraction of sp³-hybridized carbons (Fsp3) is 0.500. The van der Waals surface area contributed by atoms with Gasteiger partial charge in [-0.3, -0.25) is 4.79 Å². The van der Waals surface area contributed by atoms with Gasteiger partial charge in [-0.15, -0.1) is 0 Å². The Labute approximate surface area is 142 Å². The summed E-state index contributed by atoms with van der Waals surface area (Å²) in [7, 11) is 0. The molecule has 0 atom stereocenters. The molecule has 1 aliphatic rings. The highest BCUT2D eigenvalue weighted by Gasteiger charge is 2.21. The molecule has 1 aromatic carbocycles. The van der Waals surface area contributed by atoms with Gasteiger partial charge in [0.05, 0.1) is 19.1 Å². The molecule has 1 aromatic heterocycles. The van der Waals surface area contributed by atoms with E-state index in [1.807, 2.05) is 35.0 Å². The van der Waals surface area contributed by atoms with Crippen LogP contribution >= 0.6 is 0 Å². The lowest BCUT2D eigenvalue weighted by molar-refractivity contribution is -0.117. The quantitative estimate of drug-likeness (QED) is 0.846. The minimum atomic E-state index is -0.410. The average molecular weight is 328 g/mol. The number of primary amides is 1. The summed E-state index contributed by atoms with van der Waals surface area (Å²) in [6, 6.07) is 10.4. The number of rotatable bonds is 7. The molecule has 0 spiro atoms. The molecular weight excluding hydrogens is 304 g/mol. The first kappa shape index (κ1) is 16.6. The van der Waals surface area contributed by atoms with Gasteiger partial charge in [0.25, 0.3) is 0 Å². The monoisotopic (exact) mass is 328 g/mol. The molecule has 2 N–H and O–H groups in total. The molecule has 0 aliphatic heterocycles. The van der Waals surface area contributed by atoms with Gasteiger partial charge < -0.3 is 10.5 Å². The first-order chi connectivity index (χ1) is 11.7. The first-order valence-electron chi connectivity index (χ1n) is 8.56. The van der Waals surface area contributed by atoms with Crippen molar-refractivity contribution in [3.05, 3.63) is 47.5 Å². The van der Waals surface area contributed by atoms with Gasteiger partial charge in [0, 0.05) is 0 Å². The molecule has 1 saturated carbocycles. The third-order valence-corrected chi connectivity index (χ3v) is 4.34. The van der Waals surface area contributed by atoms with E-state index in [4.69, 9.17) is 10.5 Å². The maximum absolute atomic E-state index is 11.2. The van der Waals surface area contributed by atoms with E-state index < -0.39 is 5.91 Å². The van der Waals surface area contributed by atoms with Crippen LogP contribution in [0.15, 0.2) is 30.3 Å². The smallest absolute Gasteiger partial charge is 0.225 e. The van der Waals surface area contributed by atoms with Crippen LogP contribution in [0.4, 0.5) is 0 Å². The van der Waals surface area contributed by atoms with Crippen LogP contribution in [0.3, 0.4) is 0 Å². The van der Waals surface area contributed by atoms with Crippen molar-refractivity contribution in [3.63, 3.8) is 0 Å². The average Bonchev–Trinajstić information content (AvgIpc) is 2.98. The molecule has 24 heavy (non-hydrogen) atoms. The van der Waals surface area contributed by atoms with E-state index in [1.165, 1.54) is 19.3 Å². The van der Waals surface area contributed by atoms with Gasteiger partial charge in [-0.1, -0.05) is 49.6 Å². The van der Waals surface area contributed by atoms with Crippen LogP contribution in [0.5, 0.6) is 0 Å². The summed E-state index contributed by atoms with van der Waals surface area (Å²) in [5.74, 6) is 0.869. The van der Waals surface area contributed by atoms with Crippen molar-refractivity contribution in [2.45, 2.75) is 57.8 Å². The molecule has 3 rings (SSSR count). The molecule has 6 heteroatoms. The van der Waals surface area contributed by atoms with E-state index in [1.54, 1.807) is 0 Å². The fourth-order valence-corrected chi connectivity index (χ4v) is 3.19. The largest absolute Gasteiger partial charge is 0.369 e. The van der Waals surface area contributed by atoms with Crippen LogP contribution < -0.4 is 5.73 Å². The van der Waals surface area contributed by atoms with Crippen LogP contribution in [0, 0.1) is 0 Å². The second-order valence-corrected chi connectivity index (χ2v) is 6.30. The Balaban J connectivity index is 1.69. The molecule has 128 valence electrons. The van der Waals surface area contributed by atoms with Crippen molar-refractivity contribution in [2.75, 3.05) is 0 Å². The molecule has 0 radical (unpaired) electrons. The Morgan fingerprint density at radius 2 is 1.92 bits per heavy atom. The summed E-state index contributed by atoms with van der Waals surface area (Å²) in [6.07, 6.45) is 5.97. The van der Waals surface area contributed by atoms with Crippen molar-refractivity contribution >= 4 is 5.91 Å². The lowest BCUT2D eigenvalue weighted by atomic mass is 9.96.